The third kappa shape index (κ3) is 2.55. The molecule has 0 saturated heterocycles. The number of carboxylic acid groups (broad SMARTS) is 1. The van der Waals surface area contributed by atoms with E-state index in [0.717, 1.165) is 12.1 Å². The Kier molecular flexibility index (Phi) is 2.99. The molecule has 0 aliphatic carbocycles. The lowest BCUT2D eigenvalue weighted by atomic mass is 10.2. The molecule has 0 fully saturated rings. The first-order valence-electron chi connectivity index (χ1n) is 5.42. The molecule has 0 bridgehead atoms. The van der Waals surface area contributed by atoms with E-state index >= 15 is 0 Å². The Morgan fingerprint density at radius 2 is 2.29 bits per heavy atom. The number of aromatic nitrogens is 2. The highest BCUT2D eigenvalue weighted by atomic mass is 16.4. The summed E-state index contributed by atoms with van der Waals surface area (Å²) in [6.45, 7) is 5.04. The highest BCUT2D eigenvalue weighted by Gasteiger charge is 2.11. The van der Waals surface area contributed by atoms with E-state index in [0.29, 0.717) is 11.7 Å². The van der Waals surface area contributed by atoms with E-state index in [4.69, 9.17) is 9.52 Å². The predicted octanol–water partition coefficient (Wildman–Crippen LogP) is 2.50. The molecular formula is C12H14N2O3. The summed E-state index contributed by atoms with van der Waals surface area (Å²) in [6, 6.07) is 3.08. The van der Waals surface area contributed by atoms with Crippen LogP contribution < -0.4 is 0 Å². The molecule has 0 aromatic carbocycles. The van der Waals surface area contributed by atoms with E-state index in [-0.39, 0.29) is 5.76 Å². The fourth-order valence-electron chi connectivity index (χ4n) is 1.57. The summed E-state index contributed by atoms with van der Waals surface area (Å²) in [7, 11) is 0. The molecule has 1 N–H and O–H groups in total. The van der Waals surface area contributed by atoms with Crippen molar-refractivity contribution in [3.05, 3.63) is 30.3 Å². The van der Waals surface area contributed by atoms with Gasteiger partial charge in [0.05, 0.1) is 11.8 Å². The van der Waals surface area contributed by atoms with Gasteiger partial charge in [-0.2, -0.15) is 5.10 Å². The van der Waals surface area contributed by atoms with Crippen LogP contribution in [0.5, 0.6) is 0 Å². The molecule has 5 nitrogen and oxygen atoms in total. The summed E-state index contributed by atoms with van der Waals surface area (Å²) < 4.78 is 7.02. The molecule has 2 heterocycles. The number of hydrogen-bond donors (Lipinski definition) is 1. The summed E-state index contributed by atoms with van der Waals surface area (Å²) in [5.74, 6) is -0.0891. The van der Waals surface area contributed by atoms with Crippen molar-refractivity contribution in [3.63, 3.8) is 0 Å². The molecule has 0 radical (unpaired) electrons. The molecule has 0 unspecified atom stereocenters. The summed E-state index contributed by atoms with van der Waals surface area (Å²) in [6.07, 6.45) is 3.53. The van der Waals surface area contributed by atoms with Gasteiger partial charge >= 0.3 is 5.97 Å². The Bertz CT molecular complexity index is 525. The third-order valence-corrected chi connectivity index (χ3v) is 2.29. The van der Waals surface area contributed by atoms with E-state index in [1.807, 2.05) is 10.9 Å². The van der Waals surface area contributed by atoms with Gasteiger partial charge in [0.25, 0.3) is 0 Å². The lowest BCUT2D eigenvalue weighted by Gasteiger charge is -2.02. The van der Waals surface area contributed by atoms with Crippen molar-refractivity contribution in [1.82, 2.24) is 9.78 Å². The standard InChI is InChI=1S/C12H14N2O3/c1-8(2)6-14-7-9(5-13-14)10-3-4-11(17-10)12(15)16/h3-5,7-8H,6H2,1-2H3,(H,15,16). The molecule has 5 heteroatoms. The molecule has 17 heavy (non-hydrogen) atoms. The van der Waals surface area contributed by atoms with Crippen molar-refractivity contribution >= 4 is 5.97 Å². The van der Waals surface area contributed by atoms with Crippen molar-refractivity contribution < 1.29 is 14.3 Å². The number of carbonyl (C=O) groups is 1. The SMILES string of the molecule is CC(C)Cn1cc(-c2ccc(C(=O)O)o2)cn1. The van der Waals surface area contributed by atoms with Gasteiger partial charge in [0, 0.05) is 12.7 Å². The highest BCUT2D eigenvalue weighted by molar-refractivity contribution is 5.85. The molecule has 0 saturated carbocycles. The Hall–Kier alpha value is -2.04. The van der Waals surface area contributed by atoms with Crippen molar-refractivity contribution in [2.24, 2.45) is 5.92 Å². The monoisotopic (exact) mass is 234 g/mol. The first-order valence-corrected chi connectivity index (χ1v) is 5.42. The van der Waals surface area contributed by atoms with Gasteiger partial charge in [-0.05, 0) is 18.1 Å². The quantitative estimate of drug-likeness (QED) is 0.882. The number of nitrogens with zero attached hydrogens (tertiary/aromatic N) is 2. The van der Waals surface area contributed by atoms with E-state index in [9.17, 15) is 4.79 Å². The first-order chi connectivity index (χ1) is 8.06. The van der Waals surface area contributed by atoms with Crippen LogP contribution in [0.2, 0.25) is 0 Å². The van der Waals surface area contributed by atoms with Gasteiger partial charge in [-0.15, -0.1) is 0 Å². The molecule has 2 rings (SSSR count). The Labute approximate surface area is 98.7 Å². The fraction of sp³-hybridized carbons (Fsp3) is 0.333. The molecule has 0 aliphatic rings. The van der Waals surface area contributed by atoms with Crippen LogP contribution in [0.3, 0.4) is 0 Å². The lowest BCUT2D eigenvalue weighted by Crippen LogP contribution is -2.03. The summed E-state index contributed by atoms with van der Waals surface area (Å²) >= 11 is 0. The highest BCUT2D eigenvalue weighted by Crippen LogP contribution is 2.21. The predicted molar refractivity (Wildman–Crippen MR) is 61.7 cm³/mol. The number of hydrogen-bond acceptors (Lipinski definition) is 3. The topological polar surface area (TPSA) is 68.3 Å². The van der Waals surface area contributed by atoms with E-state index < -0.39 is 5.97 Å². The smallest absolute Gasteiger partial charge is 0.371 e. The van der Waals surface area contributed by atoms with Gasteiger partial charge in [0.2, 0.25) is 5.76 Å². The van der Waals surface area contributed by atoms with Crippen LogP contribution >= 0.6 is 0 Å². The van der Waals surface area contributed by atoms with Crippen molar-refractivity contribution in [2.75, 3.05) is 0 Å². The minimum atomic E-state index is -1.06. The second-order valence-corrected chi connectivity index (χ2v) is 4.31. The second-order valence-electron chi connectivity index (χ2n) is 4.31. The second kappa shape index (κ2) is 4.45. The number of carboxylic acids is 1. The van der Waals surface area contributed by atoms with Crippen LogP contribution in [-0.2, 0) is 6.54 Å². The summed E-state index contributed by atoms with van der Waals surface area (Å²) in [5, 5.41) is 13.0. The average Bonchev–Trinajstić information content (AvgIpc) is 2.83. The fourth-order valence-corrected chi connectivity index (χ4v) is 1.57. The first kappa shape index (κ1) is 11.4. The molecule has 2 aromatic rings. The van der Waals surface area contributed by atoms with Crippen molar-refractivity contribution in [1.29, 1.82) is 0 Å². The van der Waals surface area contributed by atoms with Crippen molar-refractivity contribution in [3.8, 4) is 11.3 Å². The van der Waals surface area contributed by atoms with Gasteiger partial charge in [0.15, 0.2) is 0 Å². The van der Waals surface area contributed by atoms with Gasteiger partial charge < -0.3 is 9.52 Å². The minimum absolute atomic E-state index is 0.0587. The van der Waals surface area contributed by atoms with Crippen LogP contribution in [0.1, 0.15) is 24.4 Å². The zero-order valence-electron chi connectivity index (χ0n) is 9.75. The number of furan rings is 1. The van der Waals surface area contributed by atoms with Crippen LogP contribution in [0.15, 0.2) is 28.9 Å². The average molecular weight is 234 g/mol. The van der Waals surface area contributed by atoms with Crippen LogP contribution in [0.25, 0.3) is 11.3 Å². The van der Waals surface area contributed by atoms with Crippen LogP contribution in [-0.4, -0.2) is 20.9 Å². The Morgan fingerprint density at radius 1 is 1.53 bits per heavy atom. The van der Waals surface area contributed by atoms with Crippen LogP contribution in [0.4, 0.5) is 0 Å². The van der Waals surface area contributed by atoms with Gasteiger partial charge in [-0.25, -0.2) is 4.79 Å². The zero-order valence-corrected chi connectivity index (χ0v) is 9.75. The lowest BCUT2D eigenvalue weighted by molar-refractivity contribution is 0.0663. The summed E-state index contributed by atoms with van der Waals surface area (Å²) in [5.41, 5.74) is 0.790. The maximum atomic E-state index is 10.7. The minimum Gasteiger partial charge on any atom is -0.475 e. The molecule has 0 aliphatic heterocycles. The normalized spacial score (nSPS) is 11.0. The van der Waals surface area contributed by atoms with E-state index in [2.05, 4.69) is 18.9 Å². The number of rotatable bonds is 4. The van der Waals surface area contributed by atoms with E-state index in [1.165, 1.54) is 6.07 Å². The van der Waals surface area contributed by atoms with Gasteiger partial charge in [-0.1, -0.05) is 13.8 Å². The maximum Gasteiger partial charge on any atom is 0.371 e. The molecular weight excluding hydrogens is 220 g/mol. The van der Waals surface area contributed by atoms with Gasteiger partial charge in [0.1, 0.15) is 5.76 Å². The third-order valence-electron chi connectivity index (χ3n) is 2.29. The molecule has 2 aromatic heterocycles. The Morgan fingerprint density at radius 3 is 2.88 bits per heavy atom. The molecule has 0 spiro atoms. The van der Waals surface area contributed by atoms with Gasteiger partial charge in [-0.3, -0.25) is 4.68 Å². The molecule has 0 amide bonds. The molecule has 90 valence electrons. The van der Waals surface area contributed by atoms with Crippen LogP contribution in [0, 0.1) is 5.92 Å². The molecule has 0 atom stereocenters. The maximum absolute atomic E-state index is 10.7. The van der Waals surface area contributed by atoms with E-state index in [1.54, 1.807) is 12.3 Å². The summed E-state index contributed by atoms with van der Waals surface area (Å²) in [4.78, 5) is 10.7. The Balaban J connectivity index is 2.21. The largest absolute Gasteiger partial charge is 0.475 e. The van der Waals surface area contributed by atoms with Crippen molar-refractivity contribution in [2.45, 2.75) is 20.4 Å². The zero-order chi connectivity index (χ0) is 12.4. The number of aromatic carboxylic acids is 1.